The third kappa shape index (κ3) is 6.71. The Morgan fingerprint density at radius 2 is 1.79 bits per heavy atom. The molecule has 0 aromatic heterocycles. The molecule has 2 aromatic carbocycles. The van der Waals surface area contributed by atoms with E-state index in [4.69, 9.17) is 0 Å². The smallest absolute Gasteiger partial charge is 0.242 e. The third-order valence-corrected chi connectivity index (χ3v) is 5.53. The van der Waals surface area contributed by atoms with Crippen LogP contribution in [-0.2, 0) is 16.1 Å². The van der Waals surface area contributed by atoms with Gasteiger partial charge in [-0.15, -0.1) is 11.8 Å². The first-order valence-corrected chi connectivity index (χ1v) is 10.7. The molecule has 2 aromatic rings. The van der Waals surface area contributed by atoms with E-state index in [2.05, 4.69) is 11.4 Å². The van der Waals surface area contributed by atoms with Gasteiger partial charge < -0.3 is 10.2 Å². The predicted molar refractivity (Wildman–Crippen MR) is 116 cm³/mol. The number of aryl methyl sites for hydroxylation is 2. The van der Waals surface area contributed by atoms with Crippen molar-refractivity contribution in [3.05, 3.63) is 65.2 Å². The molecule has 0 saturated carbocycles. The lowest BCUT2D eigenvalue weighted by molar-refractivity contribution is -0.138. The van der Waals surface area contributed by atoms with Crippen LogP contribution < -0.4 is 5.32 Å². The average Bonchev–Trinajstić information content (AvgIpc) is 2.69. The second-order valence-electron chi connectivity index (χ2n) is 7.08. The molecule has 0 bridgehead atoms. The highest BCUT2D eigenvalue weighted by molar-refractivity contribution is 8.00. The minimum atomic E-state index is -0.516. The van der Waals surface area contributed by atoms with Crippen LogP contribution in [0.4, 0.5) is 0 Å². The van der Waals surface area contributed by atoms with E-state index in [0.29, 0.717) is 18.8 Å². The van der Waals surface area contributed by atoms with E-state index in [-0.39, 0.29) is 11.8 Å². The van der Waals surface area contributed by atoms with Crippen LogP contribution in [0, 0.1) is 13.8 Å². The van der Waals surface area contributed by atoms with Crippen LogP contribution in [0.1, 0.15) is 37.0 Å². The maximum atomic E-state index is 13.0. The van der Waals surface area contributed by atoms with Crippen molar-refractivity contribution >= 4 is 23.6 Å². The van der Waals surface area contributed by atoms with Crippen molar-refractivity contribution in [2.45, 2.75) is 51.6 Å². The van der Waals surface area contributed by atoms with E-state index in [9.17, 15) is 9.59 Å². The molecule has 0 aliphatic heterocycles. The molecule has 0 radical (unpaired) electrons. The highest BCUT2D eigenvalue weighted by atomic mass is 32.2. The van der Waals surface area contributed by atoms with Crippen LogP contribution in [0.2, 0.25) is 0 Å². The summed E-state index contributed by atoms with van der Waals surface area (Å²) in [6.07, 6.45) is 0.869. The SMILES string of the molecule is CCCNC(=O)[C@@H](C)N(Cc1cccc(C)c1)C(=O)CSc1ccc(C)cc1. The maximum Gasteiger partial charge on any atom is 0.242 e. The minimum absolute atomic E-state index is 0.0359. The second kappa shape index (κ2) is 10.9. The van der Waals surface area contributed by atoms with Gasteiger partial charge in [-0.2, -0.15) is 0 Å². The Hall–Kier alpha value is -2.27. The largest absolute Gasteiger partial charge is 0.354 e. The van der Waals surface area contributed by atoms with Gasteiger partial charge in [-0.05, 0) is 44.9 Å². The number of hydrogen-bond acceptors (Lipinski definition) is 3. The lowest BCUT2D eigenvalue weighted by Crippen LogP contribution is -2.48. The van der Waals surface area contributed by atoms with Crippen molar-refractivity contribution in [1.29, 1.82) is 0 Å². The van der Waals surface area contributed by atoms with Crippen LogP contribution in [0.15, 0.2) is 53.4 Å². The summed E-state index contributed by atoms with van der Waals surface area (Å²) in [4.78, 5) is 28.3. The monoisotopic (exact) mass is 398 g/mol. The van der Waals surface area contributed by atoms with Crippen molar-refractivity contribution in [1.82, 2.24) is 10.2 Å². The van der Waals surface area contributed by atoms with Gasteiger partial charge in [-0.3, -0.25) is 9.59 Å². The van der Waals surface area contributed by atoms with E-state index < -0.39 is 6.04 Å². The molecule has 2 rings (SSSR count). The molecule has 0 spiro atoms. The highest BCUT2D eigenvalue weighted by Gasteiger charge is 2.25. The highest BCUT2D eigenvalue weighted by Crippen LogP contribution is 2.20. The van der Waals surface area contributed by atoms with Gasteiger partial charge in [-0.1, -0.05) is 54.4 Å². The van der Waals surface area contributed by atoms with E-state index in [1.165, 1.54) is 17.3 Å². The average molecular weight is 399 g/mol. The van der Waals surface area contributed by atoms with Crippen molar-refractivity contribution in [3.63, 3.8) is 0 Å². The molecule has 0 saturated heterocycles. The summed E-state index contributed by atoms with van der Waals surface area (Å²) >= 11 is 1.50. The van der Waals surface area contributed by atoms with Gasteiger partial charge >= 0.3 is 0 Å². The van der Waals surface area contributed by atoms with Gasteiger partial charge in [0.25, 0.3) is 0 Å². The molecule has 1 atom stereocenters. The Morgan fingerprint density at radius 3 is 2.43 bits per heavy atom. The van der Waals surface area contributed by atoms with E-state index in [0.717, 1.165) is 22.4 Å². The van der Waals surface area contributed by atoms with Gasteiger partial charge in [0.2, 0.25) is 11.8 Å². The zero-order valence-electron chi connectivity index (χ0n) is 17.2. The fraction of sp³-hybridized carbons (Fsp3) is 0.391. The van der Waals surface area contributed by atoms with Gasteiger partial charge in [0, 0.05) is 18.0 Å². The molecular weight excluding hydrogens is 368 g/mol. The molecule has 0 aliphatic carbocycles. The predicted octanol–water partition coefficient (Wildman–Crippen LogP) is 4.34. The zero-order chi connectivity index (χ0) is 20.5. The number of amides is 2. The van der Waals surface area contributed by atoms with Crippen LogP contribution in [-0.4, -0.2) is 35.1 Å². The molecular formula is C23H30N2O2S. The number of carbonyl (C=O) groups excluding carboxylic acids is 2. The fourth-order valence-corrected chi connectivity index (χ4v) is 3.63. The summed E-state index contributed by atoms with van der Waals surface area (Å²) in [7, 11) is 0. The molecule has 150 valence electrons. The normalized spacial score (nSPS) is 11.7. The van der Waals surface area contributed by atoms with Gasteiger partial charge in [-0.25, -0.2) is 0 Å². The molecule has 28 heavy (non-hydrogen) atoms. The van der Waals surface area contributed by atoms with Crippen molar-refractivity contribution < 1.29 is 9.59 Å². The Morgan fingerprint density at radius 1 is 1.07 bits per heavy atom. The molecule has 0 unspecified atom stereocenters. The van der Waals surface area contributed by atoms with Crippen molar-refractivity contribution in [2.75, 3.05) is 12.3 Å². The molecule has 1 N–H and O–H groups in total. The van der Waals surface area contributed by atoms with Crippen molar-refractivity contribution in [3.8, 4) is 0 Å². The van der Waals surface area contributed by atoms with E-state index in [1.807, 2.05) is 63.2 Å². The number of benzene rings is 2. The lowest BCUT2D eigenvalue weighted by Gasteiger charge is -2.29. The maximum absolute atomic E-state index is 13.0. The Balaban J connectivity index is 2.12. The summed E-state index contributed by atoms with van der Waals surface area (Å²) in [6, 6.07) is 15.7. The summed E-state index contributed by atoms with van der Waals surface area (Å²) in [5.41, 5.74) is 3.36. The van der Waals surface area contributed by atoms with Gasteiger partial charge in [0.1, 0.15) is 6.04 Å². The minimum Gasteiger partial charge on any atom is -0.354 e. The quantitative estimate of drug-likeness (QED) is 0.639. The molecule has 0 aliphatic rings. The van der Waals surface area contributed by atoms with Crippen LogP contribution >= 0.6 is 11.8 Å². The van der Waals surface area contributed by atoms with Crippen LogP contribution in [0.5, 0.6) is 0 Å². The Labute approximate surface area is 172 Å². The van der Waals surface area contributed by atoms with Crippen LogP contribution in [0.25, 0.3) is 0 Å². The lowest BCUT2D eigenvalue weighted by atomic mass is 10.1. The molecule has 0 fully saturated rings. The first kappa shape index (κ1) is 22.0. The number of nitrogens with one attached hydrogen (secondary N) is 1. The summed E-state index contributed by atoms with van der Waals surface area (Å²) in [5.74, 6) is 0.162. The van der Waals surface area contributed by atoms with E-state index in [1.54, 1.807) is 11.8 Å². The number of hydrogen-bond donors (Lipinski definition) is 1. The molecule has 4 nitrogen and oxygen atoms in total. The van der Waals surface area contributed by atoms with Gasteiger partial charge in [0.15, 0.2) is 0 Å². The summed E-state index contributed by atoms with van der Waals surface area (Å²) in [6.45, 7) is 8.93. The van der Waals surface area contributed by atoms with Gasteiger partial charge in [0.05, 0.1) is 5.75 Å². The molecule has 0 heterocycles. The van der Waals surface area contributed by atoms with Crippen LogP contribution in [0.3, 0.4) is 0 Å². The first-order chi connectivity index (χ1) is 13.4. The van der Waals surface area contributed by atoms with Crippen molar-refractivity contribution in [2.24, 2.45) is 0 Å². The van der Waals surface area contributed by atoms with E-state index >= 15 is 0 Å². The molecule has 2 amide bonds. The number of rotatable bonds is 9. The fourth-order valence-electron chi connectivity index (χ4n) is 2.85. The summed E-state index contributed by atoms with van der Waals surface area (Å²) in [5, 5.41) is 2.91. The Bertz CT molecular complexity index is 789. The number of carbonyl (C=O) groups is 2. The number of thioether (sulfide) groups is 1. The number of nitrogens with zero attached hydrogens (tertiary/aromatic N) is 1. The topological polar surface area (TPSA) is 49.4 Å². The standard InChI is InChI=1S/C23H30N2O2S/c1-5-13-24-23(27)19(4)25(15-20-8-6-7-18(3)14-20)22(26)16-28-21-11-9-17(2)10-12-21/h6-12,14,19H,5,13,15-16H2,1-4H3,(H,24,27)/t19-/m1/s1. The third-order valence-electron chi connectivity index (χ3n) is 4.54. The zero-order valence-corrected chi connectivity index (χ0v) is 18.0. The second-order valence-corrected chi connectivity index (χ2v) is 8.13. The first-order valence-electron chi connectivity index (χ1n) is 9.73. The molecule has 5 heteroatoms. The summed E-state index contributed by atoms with van der Waals surface area (Å²) < 4.78 is 0. The Kier molecular flexibility index (Phi) is 8.58.